The third-order valence-corrected chi connectivity index (χ3v) is 3.76. The van der Waals surface area contributed by atoms with Crippen LogP contribution >= 0.6 is 0 Å². The number of hydrogen-bond donors (Lipinski definition) is 3. The lowest BCUT2D eigenvalue weighted by atomic mass is 10.1. The first-order valence-corrected chi connectivity index (χ1v) is 7.46. The largest absolute Gasteiger partial charge is 0.351 e. The van der Waals surface area contributed by atoms with Gasteiger partial charge in [-0.05, 0) is 25.0 Å². The van der Waals surface area contributed by atoms with E-state index >= 15 is 0 Å². The highest BCUT2D eigenvalue weighted by Crippen LogP contribution is 2.16. The number of carbonyl (C=O) groups excluding carboxylic acids is 1. The molecule has 2 rings (SSSR count). The molecule has 1 fully saturated rings. The molecule has 0 atom stereocenters. The summed E-state index contributed by atoms with van der Waals surface area (Å²) in [7, 11) is 0. The molecule has 0 spiro atoms. The standard InChI is InChI=1S/C15H23N3O2/c19-14-13(8-5-9-17-14)15(20)18-11-10-16-12-6-3-1-2-4-7-12/h5,8-9,12,16H,1-4,6-7,10-11H2,(H,17,19)(H,18,20). The van der Waals surface area contributed by atoms with Crippen molar-refractivity contribution < 1.29 is 4.79 Å². The van der Waals surface area contributed by atoms with Crippen LogP contribution in [0.4, 0.5) is 0 Å². The number of pyridine rings is 1. The van der Waals surface area contributed by atoms with E-state index in [0.29, 0.717) is 12.6 Å². The average molecular weight is 277 g/mol. The second-order valence-electron chi connectivity index (χ2n) is 5.31. The molecule has 1 aromatic heterocycles. The quantitative estimate of drug-likeness (QED) is 0.563. The smallest absolute Gasteiger partial charge is 0.260 e. The predicted octanol–water partition coefficient (Wildman–Crippen LogP) is 1.42. The lowest BCUT2D eigenvalue weighted by molar-refractivity contribution is 0.0952. The maximum atomic E-state index is 11.8. The minimum absolute atomic E-state index is 0.168. The number of H-pyrrole nitrogens is 1. The van der Waals surface area contributed by atoms with E-state index in [0.717, 1.165) is 6.54 Å². The maximum absolute atomic E-state index is 11.8. The Morgan fingerprint density at radius 3 is 2.65 bits per heavy atom. The Kier molecular flexibility index (Phi) is 5.80. The first-order valence-electron chi connectivity index (χ1n) is 7.46. The van der Waals surface area contributed by atoms with Crippen molar-refractivity contribution in [2.24, 2.45) is 0 Å². The second kappa shape index (κ2) is 7.85. The van der Waals surface area contributed by atoms with Crippen LogP contribution in [-0.2, 0) is 0 Å². The van der Waals surface area contributed by atoms with E-state index in [1.807, 2.05) is 0 Å². The number of carbonyl (C=O) groups is 1. The molecule has 3 N–H and O–H groups in total. The van der Waals surface area contributed by atoms with E-state index in [4.69, 9.17) is 0 Å². The fraction of sp³-hybridized carbons (Fsp3) is 0.600. The fourth-order valence-corrected chi connectivity index (χ4v) is 2.63. The average Bonchev–Trinajstić information content (AvgIpc) is 2.72. The Labute approximate surface area is 119 Å². The summed E-state index contributed by atoms with van der Waals surface area (Å²) in [6.45, 7) is 1.30. The van der Waals surface area contributed by atoms with Gasteiger partial charge >= 0.3 is 0 Å². The third kappa shape index (κ3) is 4.49. The normalized spacial score (nSPS) is 16.6. The van der Waals surface area contributed by atoms with Crippen LogP contribution in [0.25, 0.3) is 0 Å². The van der Waals surface area contributed by atoms with Crippen LogP contribution in [0.5, 0.6) is 0 Å². The molecule has 0 radical (unpaired) electrons. The highest BCUT2D eigenvalue weighted by molar-refractivity contribution is 5.93. The number of hydrogen-bond acceptors (Lipinski definition) is 3. The molecule has 0 aliphatic heterocycles. The van der Waals surface area contributed by atoms with E-state index in [9.17, 15) is 9.59 Å². The molecule has 110 valence electrons. The van der Waals surface area contributed by atoms with Gasteiger partial charge < -0.3 is 15.6 Å². The highest BCUT2D eigenvalue weighted by atomic mass is 16.2. The molecular formula is C15H23N3O2. The van der Waals surface area contributed by atoms with Crippen molar-refractivity contribution in [1.29, 1.82) is 0 Å². The molecule has 20 heavy (non-hydrogen) atoms. The molecular weight excluding hydrogens is 254 g/mol. The van der Waals surface area contributed by atoms with E-state index in [1.165, 1.54) is 50.8 Å². The van der Waals surface area contributed by atoms with Gasteiger partial charge in [-0.3, -0.25) is 9.59 Å². The number of aromatic nitrogens is 1. The van der Waals surface area contributed by atoms with Crippen LogP contribution in [0.3, 0.4) is 0 Å². The first kappa shape index (κ1) is 14.8. The van der Waals surface area contributed by atoms with Gasteiger partial charge in [-0.25, -0.2) is 0 Å². The van der Waals surface area contributed by atoms with Crippen molar-refractivity contribution >= 4 is 5.91 Å². The highest BCUT2D eigenvalue weighted by Gasteiger charge is 2.12. The summed E-state index contributed by atoms with van der Waals surface area (Å²) in [6.07, 6.45) is 9.25. The molecule has 1 amide bonds. The Morgan fingerprint density at radius 2 is 1.95 bits per heavy atom. The van der Waals surface area contributed by atoms with Crippen molar-refractivity contribution in [3.63, 3.8) is 0 Å². The Balaban J connectivity index is 1.69. The van der Waals surface area contributed by atoms with Gasteiger partial charge in [0.15, 0.2) is 0 Å². The van der Waals surface area contributed by atoms with Gasteiger partial charge in [-0.2, -0.15) is 0 Å². The third-order valence-electron chi connectivity index (χ3n) is 3.76. The zero-order chi connectivity index (χ0) is 14.2. The summed E-state index contributed by atoms with van der Waals surface area (Å²) in [5, 5.41) is 6.26. The lowest BCUT2D eigenvalue weighted by Gasteiger charge is -2.16. The summed E-state index contributed by atoms with van der Waals surface area (Å²) in [6, 6.07) is 3.77. The SMILES string of the molecule is O=C(NCCNC1CCCCCC1)c1ccc[nH]c1=O. The lowest BCUT2D eigenvalue weighted by Crippen LogP contribution is -2.38. The molecule has 5 nitrogen and oxygen atoms in total. The molecule has 0 bridgehead atoms. The van der Waals surface area contributed by atoms with Crippen LogP contribution in [0.1, 0.15) is 48.9 Å². The maximum Gasteiger partial charge on any atom is 0.260 e. The predicted molar refractivity (Wildman–Crippen MR) is 78.9 cm³/mol. The summed E-state index contributed by atoms with van der Waals surface area (Å²) in [5.74, 6) is -0.311. The van der Waals surface area contributed by atoms with Crippen molar-refractivity contribution in [2.75, 3.05) is 13.1 Å². The topological polar surface area (TPSA) is 74.0 Å². The Morgan fingerprint density at radius 1 is 1.20 bits per heavy atom. The molecule has 0 aromatic carbocycles. The molecule has 1 aromatic rings. The van der Waals surface area contributed by atoms with Gasteiger partial charge in [-0.1, -0.05) is 25.7 Å². The van der Waals surface area contributed by atoms with Gasteiger partial charge in [0.2, 0.25) is 0 Å². The summed E-state index contributed by atoms with van der Waals surface area (Å²) < 4.78 is 0. The van der Waals surface area contributed by atoms with E-state index in [2.05, 4.69) is 15.6 Å². The monoisotopic (exact) mass is 277 g/mol. The molecule has 1 saturated carbocycles. The van der Waals surface area contributed by atoms with Crippen LogP contribution < -0.4 is 16.2 Å². The van der Waals surface area contributed by atoms with Crippen LogP contribution in [-0.4, -0.2) is 30.0 Å². The zero-order valence-electron chi connectivity index (χ0n) is 11.8. The van der Waals surface area contributed by atoms with Gasteiger partial charge in [0, 0.05) is 25.3 Å². The fourth-order valence-electron chi connectivity index (χ4n) is 2.63. The zero-order valence-corrected chi connectivity index (χ0v) is 11.8. The molecule has 5 heteroatoms. The van der Waals surface area contributed by atoms with Crippen molar-refractivity contribution in [3.8, 4) is 0 Å². The van der Waals surface area contributed by atoms with Crippen molar-refractivity contribution in [1.82, 2.24) is 15.6 Å². The molecule has 0 saturated heterocycles. The van der Waals surface area contributed by atoms with Gasteiger partial charge in [0.05, 0.1) is 0 Å². The number of aromatic amines is 1. The molecule has 0 unspecified atom stereocenters. The molecule has 1 aliphatic rings. The second-order valence-corrected chi connectivity index (χ2v) is 5.31. The van der Waals surface area contributed by atoms with Crippen molar-refractivity contribution in [3.05, 3.63) is 34.2 Å². The Hall–Kier alpha value is -1.62. The van der Waals surface area contributed by atoms with E-state index in [1.54, 1.807) is 6.07 Å². The Bertz CT molecular complexity index is 476. The van der Waals surface area contributed by atoms with Crippen LogP contribution in [0.15, 0.2) is 23.1 Å². The van der Waals surface area contributed by atoms with Gasteiger partial charge in [-0.15, -0.1) is 0 Å². The van der Waals surface area contributed by atoms with Gasteiger partial charge in [0.25, 0.3) is 11.5 Å². The number of amides is 1. The minimum atomic E-state index is -0.346. The summed E-state index contributed by atoms with van der Waals surface area (Å²) in [5.41, 5.74) is -0.177. The van der Waals surface area contributed by atoms with Crippen molar-refractivity contribution in [2.45, 2.75) is 44.6 Å². The minimum Gasteiger partial charge on any atom is -0.351 e. The van der Waals surface area contributed by atoms with E-state index in [-0.39, 0.29) is 17.0 Å². The summed E-state index contributed by atoms with van der Waals surface area (Å²) in [4.78, 5) is 25.8. The van der Waals surface area contributed by atoms with Crippen LogP contribution in [0, 0.1) is 0 Å². The van der Waals surface area contributed by atoms with E-state index < -0.39 is 0 Å². The number of rotatable bonds is 5. The summed E-state index contributed by atoms with van der Waals surface area (Å²) >= 11 is 0. The molecule has 1 aliphatic carbocycles. The van der Waals surface area contributed by atoms with Gasteiger partial charge in [0.1, 0.15) is 5.56 Å². The van der Waals surface area contributed by atoms with Crippen LogP contribution in [0.2, 0.25) is 0 Å². The molecule has 1 heterocycles. The first-order chi connectivity index (χ1) is 9.77. The number of nitrogens with one attached hydrogen (secondary N) is 3.